The van der Waals surface area contributed by atoms with E-state index in [4.69, 9.17) is 9.47 Å². The molecule has 1 N–H and O–H groups in total. The number of morpholine rings is 1. The number of benzene rings is 1. The zero-order valence-corrected chi connectivity index (χ0v) is 20.2. The SMILES string of the molecule is CN=C(NCC(c1ccccc1)N1CCOCC1)N(C)CCC1CCOCC1.I. The standard InChI is InChI=1S/C22H36N4O2.HI/c1-23-22(25(2)11-8-19-9-14-27-15-10-19)24-18-21(20-6-4-3-5-7-20)26-12-16-28-17-13-26;/h3-7,19,21H,8-18H2,1-2H3,(H,23,24);1H. The molecule has 7 heteroatoms. The fourth-order valence-corrected chi connectivity index (χ4v) is 4.11. The summed E-state index contributed by atoms with van der Waals surface area (Å²) in [6.07, 6.45) is 3.58. The second kappa shape index (κ2) is 13.4. The third-order valence-electron chi connectivity index (χ3n) is 5.91. The Morgan fingerprint density at radius 1 is 1.14 bits per heavy atom. The smallest absolute Gasteiger partial charge is 0.193 e. The minimum atomic E-state index is 0. The van der Waals surface area contributed by atoms with Crippen molar-refractivity contribution in [1.29, 1.82) is 0 Å². The molecule has 0 aromatic heterocycles. The molecular formula is C22H37IN4O2. The molecule has 1 aromatic carbocycles. The third kappa shape index (κ3) is 7.70. The maximum absolute atomic E-state index is 5.56. The van der Waals surface area contributed by atoms with Crippen LogP contribution in [0, 0.1) is 5.92 Å². The molecule has 3 rings (SSSR count). The predicted octanol–water partition coefficient (Wildman–Crippen LogP) is 3.00. The van der Waals surface area contributed by atoms with Gasteiger partial charge in [-0.15, -0.1) is 24.0 Å². The average Bonchev–Trinajstić information content (AvgIpc) is 2.77. The van der Waals surface area contributed by atoms with E-state index in [0.717, 1.165) is 64.5 Å². The summed E-state index contributed by atoms with van der Waals surface area (Å²) in [5.74, 6) is 1.75. The summed E-state index contributed by atoms with van der Waals surface area (Å²) >= 11 is 0. The molecule has 0 radical (unpaired) electrons. The van der Waals surface area contributed by atoms with E-state index >= 15 is 0 Å². The molecule has 0 amide bonds. The topological polar surface area (TPSA) is 49.3 Å². The molecule has 2 heterocycles. The number of guanidine groups is 1. The first-order valence-corrected chi connectivity index (χ1v) is 10.6. The highest BCUT2D eigenvalue weighted by Gasteiger charge is 2.23. The van der Waals surface area contributed by atoms with E-state index < -0.39 is 0 Å². The van der Waals surface area contributed by atoms with Gasteiger partial charge in [0.25, 0.3) is 0 Å². The number of aliphatic imine (C=N–C) groups is 1. The normalized spacial score (nSPS) is 20.0. The van der Waals surface area contributed by atoms with Gasteiger partial charge >= 0.3 is 0 Å². The van der Waals surface area contributed by atoms with Gasteiger partial charge in [0.05, 0.1) is 19.3 Å². The first-order chi connectivity index (χ1) is 13.8. The highest BCUT2D eigenvalue weighted by Crippen LogP contribution is 2.21. The Bertz CT molecular complexity index is 590. The van der Waals surface area contributed by atoms with Crippen molar-refractivity contribution >= 4 is 29.9 Å². The van der Waals surface area contributed by atoms with Crippen molar-refractivity contribution in [3.05, 3.63) is 35.9 Å². The van der Waals surface area contributed by atoms with Crippen molar-refractivity contribution in [2.75, 3.05) is 66.7 Å². The van der Waals surface area contributed by atoms with Crippen LogP contribution in [0.5, 0.6) is 0 Å². The van der Waals surface area contributed by atoms with Gasteiger partial charge in [0.2, 0.25) is 0 Å². The lowest BCUT2D eigenvalue weighted by Gasteiger charge is -2.36. The van der Waals surface area contributed by atoms with Crippen molar-refractivity contribution < 1.29 is 9.47 Å². The second-order valence-corrected chi connectivity index (χ2v) is 7.77. The van der Waals surface area contributed by atoms with Gasteiger partial charge < -0.3 is 19.7 Å². The minimum Gasteiger partial charge on any atom is -0.381 e. The summed E-state index contributed by atoms with van der Waals surface area (Å²) in [6.45, 7) is 7.26. The van der Waals surface area contributed by atoms with Gasteiger partial charge in [-0.25, -0.2) is 0 Å². The fraction of sp³-hybridized carbons (Fsp3) is 0.682. The summed E-state index contributed by atoms with van der Waals surface area (Å²) in [6, 6.07) is 11.1. The fourth-order valence-electron chi connectivity index (χ4n) is 4.11. The molecule has 0 spiro atoms. The summed E-state index contributed by atoms with van der Waals surface area (Å²) in [7, 11) is 4.01. The maximum Gasteiger partial charge on any atom is 0.193 e. The Morgan fingerprint density at radius 2 is 1.79 bits per heavy atom. The third-order valence-corrected chi connectivity index (χ3v) is 5.91. The van der Waals surface area contributed by atoms with Crippen LogP contribution in [-0.4, -0.2) is 82.5 Å². The number of halogens is 1. The van der Waals surface area contributed by atoms with Gasteiger partial charge in [-0.1, -0.05) is 30.3 Å². The highest BCUT2D eigenvalue weighted by molar-refractivity contribution is 14.0. The van der Waals surface area contributed by atoms with Crippen LogP contribution in [0.3, 0.4) is 0 Å². The lowest BCUT2D eigenvalue weighted by atomic mass is 9.96. The molecule has 29 heavy (non-hydrogen) atoms. The van der Waals surface area contributed by atoms with Crippen molar-refractivity contribution in [3.63, 3.8) is 0 Å². The van der Waals surface area contributed by atoms with Gasteiger partial charge in [0.1, 0.15) is 0 Å². The molecular weight excluding hydrogens is 479 g/mol. The number of hydrogen-bond acceptors (Lipinski definition) is 4. The Labute approximate surface area is 193 Å². The van der Waals surface area contributed by atoms with Gasteiger partial charge in [0, 0.05) is 53.5 Å². The van der Waals surface area contributed by atoms with Crippen LogP contribution < -0.4 is 5.32 Å². The van der Waals surface area contributed by atoms with Gasteiger partial charge in [-0.2, -0.15) is 0 Å². The first kappa shape index (κ1) is 24.4. The highest BCUT2D eigenvalue weighted by atomic mass is 127. The molecule has 164 valence electrons. The number of nitrogens with zero attached hydrogens (tertiary/aromatic N) is 3. The Morgan fingerprint density at radius 3 is 2.45 bits per heavy atom. The number of rotatable bonds is 7. The van der Waals surface area contributed by atoms with Crippen LogP contribution in [0.25, 0.3) is 0 Å². The average molecular weight is 516 g/mol. The number of nitrogens with one attached hydrogen (secondary N) is 1. The molecule has 1 atom stereocenters. The Kier molecular flexibility index (Phi) is 11.3. The molecule has 2 saturated heterocycles. The van der Waals surface area contributed by atoms with E-state index in [2.05, 4.69) is 57.5 Å². The molecule has 2 fully saturated rings. The summed E-state index contributed by atoms with van der Waals surface area (Å²) < 4.78 is 11.0. The minimum absolute atomic E-state index is 0. The summed E-state index contributed by atoms with van der Waals surface area (Å²) in [5, 5.41) is 3.62. The van der Waals surface area contributed by atoms with Gasteiger partial charge in [0.15, 0.2) is 5.96 Å². The van der Waals surface area contributed by atoms with E-state index in [-0.39, 0.29) is 24.0 Å². The molecule has 0 aliphatic carbocycles. The Hall–Kier alpha value is -0.900. The predicted molar refractivity (Wildman–Crippen MR) is 129 cm³/mol. The van der Waals surface area contributed by atoms with Crippen LogP contribution >= 0.6 is 24.0 Å². The lowest BCUT2D eigenvalue weighted by Crippen LogP contribution is -2.47. The molecule has 0 saturated carbocycles. The van der Waals surface area contributed by atoms with Crippen LogP contribution in [0.15, 0.2) is 35.3 Å². The molecule has 2 aliphatic heterocycles. The van der Waals surface area contributed by atoms with E-state index in [9.17, 15) is 0 Å². The van der Waals surface area contributed by atoms with Gasteiger partial charge in [-0.05, 0) is 30.7 Å². The van der Waals surface area contributed by atoms with E-state index in [1.54, 1.807) is 0 Å². The molecule has 2 aliphatic rings. The number of ether oxygens (including phenoxy) is 2. The maximum atomic E-state index is 5.56. The van der Waals surface area contributed by atoms with Crippen molar-refractivity contribution in [2.24, 2.45) is 10.9 Å². The Balaban J connectivity index is 0.00000300. The van der Waals surface area contributed by atoms with Crippen LogP contribution in [0.2, 0.25) is 0 Å². The van der Waals surface area contributed by atoms with Crippen molar-refractivity contribution in [3.8, 4) is 0 Å². The lowest BCUT2D eigenvalue weighted by molar-refractivity contribution is 0.0169. The summed E-state index contributed by atoms with van der Waals surface area (Å²) in [4.78, 5) is 9.30. The van der Waals surface area contributed by atoms with Crippen molar-refractivity contribution in [2.45, 2.75) is 25.3 Å². The van der Waals surface area contributed by atoms with Crippen LogP contribution in [0.1, 0.15) is 30.9 Å². The first-order valence-electron chi connectivity index (χ1n) is 10.6. The zero-order valence-electron chi connectivity index (χ0n) is 17.9. The molecule has 1 unspecified atom stereocenters. The van der Waals surface area contributed by atoms with E-state index in [1.165, 1.54) is 24.8 Å². The van der Waals surface area contributed by atoms with Crippen molar-refractivity contribution in [1.82, 2.24) is 15.1 Å². The van der Waals surface area contributed by atoms with Crippen LogP contribution in [-0.2, 0) is 9.47 Å². The second-order valence-electron chi connectivity index (χ2n) is 7.77. The monoisotopic (exact) mass is 516 g/mol. The quantitative estimate of drug-likeness (QED) is 0.343. The molecule has 1 aromatic rings. The zero-order chi connectivity index (χ0) is 19.6. The number of hydrogen-bond donors (Lipinski definition) is 1. The van der Waals surface area contributed by atoms with E-state index in [1.807, 2.05) is 7.05 Å². The summed E-state index contributed by atoms with van der Waals surface area (Å²) in [5.41, 5.74) is 1.34. The van der Waals surface area contributed by atoms with Crippen LogP contribution in [0.4, 0.5) is 0 Å². The largest absolute Gasteiger partial charge is 0.381 e. The van der Waals surface area contributed by atoms with Gasteiger partial charge in [-0.3, -0.25) is 9.89 Å². The molecule has 0 bridgehead atoms. The van der Waals surface area contributed by atoms with E-state index in [0.29, 0.717) is 6.04 Å². The molecule has 6 nitrogen and oxygen atoms in total.